The minimum Gasteiger partial charge on any atom is -0.466 e. The van der Waals surface area contributed by atoms with Crippen molar-refractivity contribution in [2.75, 3.05) is 18.4 Å². The topological polar surface area (TPSA) is 71.3 Å². The van der Waals surface area contributed by atoms with Crippen LogP contribution in [0.4, 0.5) is 5.82 Å². The SMILES string of the molecule is Cc1oc(C)c(C(=O)N2CCC(Nc3cccnn3)CC2)c1C. The van der Waals surface area contributed by atoms with Crippen LogP contribution < -0.4 is 5.32 Å². The van der Waals surface area contributed by atoms with Crippen LogP contribution in [0.25, 0.3) is 0 Å². The molecule has 0 aliphatic carbocycles. The molecule has 2 aromatic rings. The maximum absolute atomic E-state index is 12.7. The fourth-order valence-corrected chi connectivity index (χ4v) is 3.08. The summed E-state index contributed by atoms with van der Waals surface area (Å²) in [6.07, 6.45) is 3.46. The molecule has 1 aliphatic rings. The van der Waals surface area contributed by atoms with Gasteiger partial charge >= 0.3 is 0 Å². The number of aryl methyl sites for hydroxylation is 2. The van der Waals surface area contributed by atoms with Crippen LogP contribution >= 0.6 is 0 Å². The Balaban J connectivity index is 1.61. The lowest BCUT2D eigenvalue weighted by Crippen LogP contribution is -2.42. The summed E-state index contributed by atoms with van der Waals surface area (Å²) in [7, 11) is 0. The zero-order chi connectivity index (χ0) is 16.4. The summed E-state index contributed by atoms with van der Waals surface area (Å²) in [5.74, 6) is 2.40. The van der Waals surface area contributed by atoms with Crippen molar-refractivity contribution in [2.24, 2.45) is 0 Å². The second-order valence-corrected chi connectivity index (χ2v) is 6.03. The number of furan rings is 1. The molecule has 1 amide bonds. The van der Waals surface area contributed by atoms with Gasteiger partial charge in [0.2, 0.25) is 0 Å². The monoisotopic (exact) mass is 314 g/mol. The van der Waals surface area contributed by atoms with Crippen molar-refractivity contribution in [3.05, 3.63) is 41.0 Å². The Kier molecular flexibility index (Phi) is 4.32. The lowest BCUT2D eigenvalue weighted by molar-refractivity contribution is 0.0716. The molecule has 0 aromatic carbocycles. The van der Waals surface area contributed by atoms with Gasteiger partial charge in [-0.05, 0) is 45.7 Å². The third-order valence-electron chi connectivity index (χ3n) is 4.48. The molecule has 2 aromatic heterocycles. The van der Waals surface area contributed by atoms with Crippen LogP contribution in [-0.2, 0) is 0 Å². The minimum atomic E-state index is 0.0785. The molecule has 1 saturated heterocycles. The van der Waals surface area contributed by atoms with E-state index in [0.29, 0.717) is 11.8 Å². The molecule has 3 heterocycles. The third kappa shape index (κ3) is 3.21. The molecular weight excluding hydrogens is 292 g/mol. The highest BCUT2D eigenvalue weighted by Crippen LogP contribution is 2.24. The highest BCUT2D eigenvalue weighted by Gasteiger charge is 2.27. The van der Waals surface area contributed by atoms with Gasteiger partial charge in [-0.15, -0.1) is 5.10 Å². The van der Waals surface area contributed by atoms with E-state index in [1.807, 2.05) is 37.8 Å². The summed E-state index contributed by atoms with van der Waals surface area (Å²) in [6.45, 7) is 7.17. The fourth-order valence-electron chi connectivity index (χ4n) is 3.08. The first-order chi connectivity index (χ1) is 11.1. The van der Waals surface area contributed by atoms with Crippen LogP contribution in [0.3, 0.4) is 0 Å². The summed E-state index contributed by atoms with van der Waals surface area (Å²) >= 11 is 0. The normalized spacial score (nSPS) is 15.7. The van der Waals surface area contributed by atoms with Crippen LogP contribution in [0.1, 0.15) is 40.3 Å². The Morgan fingerprint density at radius 3 is 2.57 bits per heavy atom. The molecule has 1 fully saturated rings. The van der Waals surface area contributed by atoms with E-state index in [-0.39, 0.29) is 5.91 Å². The van der Waals surface area contributed by atoms with Gasteiger partial charge in [0, 0.05) is 30.9 Å². The second kappa shape index (κ2) is 6.40. The molecule has 122 valence electrons. The summed E-state index contributed by atoms with van der Waals surface area (Å²) in [5.41, 5.74) is 1.68. The first kappa shape index (κ1) is 15.5. The molecule has 1 N–H and O–H groups in total. The standard InChI is InChI=1S/C17H22N4O2/c1-11-12(2)23-13(3)16(11)17(22)21-9-6-14(7-10-21)19-15-5-4-8-18-20-15/h4-5,8,14H,6-7,9-10H2,1-3H3,(H,19,20). The molecule has 1 aliphatic heterocycles. The van der Waals surface area contributed by atoms with Gasteiger partial charge in [0.25, 0.3) is 5.91 Å². The Morgan fingerprint density at radius 1 is 1.26 bits per heavy atom. The number of nitrogens with zero attached hydrogens (tertiary/aromatic N) is 3. The predicted molar refractivity (Wildman–Crippen MR) is 87.5 cm³/mol. The van der Waals surface area contributed by atoms with Crippen molar-refractivity contribution in [3.63, 3.8) is 0 Å². The number of carbonyl (C=O) groups excluding carboxylic acids is 1. The highest BCUT2D eigenvalue weighted by atomic mass is 16.3. The van der Waals surface area contributed by atoms with E-state index in [9.17, 15) is 4.79 Å². The fraction of sp³-hybridized carbons (Fsp3) is 0.471. The first-order valence-electron chi connectivity index (χ1n) is 7.96. The average Bonchev–Trinajstić information content (AvgIpc) is 2.81. The number of amides is 1. The van der Waals surface area contributed by atoms with E-state index < -0.39 is 0 Å². The Hall–Kier alpha value is -2.37. The van der Waals surface area contributed by atoms with E-state index in [0.717, 1.165) is 48.6 Å². The van der Waals surface area contributed by atoms with Crippen LogP contribution in [-0.4, -0.2) is 40.1 Å². The van der Waals surface area contributed by atoms with Crippen molar-refractivity contribution in [1.82, 2.24) is 15.1 Å². The molecule has 0 bridgehead atoms. The molecular formula is C17H22N4O2. The number of likely N-dealkylation sites (tertiary alicyclic amines) is 1. The summed E-state index contributed by atoms with van der Waals surface area (Å²) in [4.78, 5) is 14.7. The van der Waals surface area contributed by atoms with Crippen LogP contribution in [0, 0.1) is 20.8 Å². The van der Waals surface area contributed by atoms with Crippen LogP contribution in [0.5, 0.6) is 0 Å². The van der Waals surface area contributed by atoms with Gasteiger partial charge in [-0.3, -0.25) is 4.79 Å². The van der Waals surface area contributed by atoms with Crippen molar-refractivity contribution in [2.45, 2.75) is 39.7 Å². The molecule has 0 saturated carbocycles. The van der Waals surface area contributed by atoms with Crippen LogP contribution in [0.2, 0.25) is 0 Å². The first-order valence-corrected chi connectivity index (χ1v) is 7.96. The van der Waals surface area contributed by atoms with Gasteiger partial charge in [-0.25, -0.2) is 0 Å². The zero-order valence-electron chi connectivity index (χ0n) is 13.8. The molecule has 0 spiro atoms. The average molecular weight is 314 g/mol. The number of aromatic nitrogens is 2. The van der Waals surface area contributed by atoms with Gasteiger partial charge in [-0.2, -0.15) is 5.10 Å². The zero-order valence-corrected chi connectivity index (χ0v) is 13.8. The highest BCUT2D eigenvalue weighted by molar-refractivity contribution is 5.97. The van der Waals surface area contributed by atoms with Gasteiger partial charge in [0.1, 0.15) is 17.3 Å². The molecule has 0 unspecified atom stereocenters. The number of hydrogen-bond donors (Lipinski definition) is 1. The van der Waals surface area contributed by atoms with Crippen LogP contribution in [0.15, 0.2) is 22.7 Å². The number of rotatable bonds is 3. The molecule has 3 rings (SSSR count). The molecule has 0 radical (unpaired) electrons. The summed E-state index contributed by atoms with van der Waals surface area (Å²) in [5, 5.41) is 11.3. The lowest BCUT2D eigenvalue weighted by atomic mass is 10.0. The minimum absolute atomic E-state index is 0.0785. The quantitative estimate of drug-likeness (QED) is 0.943. The van der Waals surface area contributed by atoms with E-state index in [1.165, 1.54) is 0 Å². The molecule has 6 heteroatoms. The number of carbonyl (C=O) groups is 1. The van der Waals surface area contributed by atoms with Gasteiger partial charge in [0.15, 0.2) is 0 Å². The summed E-state index contributed by atoms with van der Waals surface area (Å²) in [6, 6.07) is 4.09. The van der Waals surface area contributed by atoms with Crippen molar-refractivity contribution < 1.29 is 9.21 Å². The number of nitrogens with one attached hydrogen (secondary N) is 1. The Bertz CT molecular complexity index is 688. The van der Waals surface area contributed by atoms with Gasteiger partial charge in [-0.1, -0.05) is 0 Å². The number of anilines is 1. The molecule has 6 nitrogen and oxygen atoms in total. The van der Waals surface area contributed by atoms with Crippen molar-refractivity contribution in [1.29, 1.82) is 0 Å². The number of piperidine rings is 1. The van der Waals surface area contributed by atoms with Gasteiger partial charge in [0.05, 0.1) is 5.56 Å². The van der Waals surface area contributed by atoms with E-state index >= 15 is 0 Å². The molecule has 0 atom stereocenters. The molecule has 23 heavy (non-hydrogen) atoms. The maximum atomic E-state index is 12.7. The largest absolute Gasteiger partial charge is 0.466 e. The second-order valence-electron chi connectivity index (χ2n) is 6.03. The third-order valence-corrected chi connectivity index (χ3v) is 4.48. The Morgan fingerprint density at radius 2 is 2.00 bits per heavy atom. The Labute approximate surface area is 135 Å². The smallest absolute Gasteiger partial charge is 0.257 e. The predicted octanol–water partition coefficient (Wildman–Crippen LogP) is 2.71. The van der Waals surface area contributed by atoms with Crippen molar-refractivity contribution >= 4 is 11.7 Å². The lowest BCUT2D eigenvalue weighted by Gasteiger charge is -2.32. The van der Waals surface area contributed by atoms with Crippen molar-refractivity contribution in [3.8, 4) is 0 Å². The van der Waals surface area contributed by atoms with E-state index in [1.54, 1.807) is 6.20 Å². The van der Waals surface area contributed by atoms with E-state index in [2.05, 4.69) is 15.5 Å². The van der Waals surface area contributed by atoms with E-state index in [4.69, 9.17) is 4.42 Å². The maximum Gasteiger partial charge on any atom is 0.257 e. The number of hydrogen-bond acceptors (Lipinski definition) is 5. The summed E-state index contributed by atoms with van der Waals surface area (Å²) < 4.78 is 5.58. The van der Waals surface area contributed by atoms with Gasteiger partial charge < -0.3 is 14.6 Å².